The molecule has 3 rings (SSSR count). The molecule has 22 heavy (non-hydrogen) atoms. The van der Waals surface area contributed by atoms with Crippen LogP contribution in [0.25, 0.3) is 0 Å². The highest BCUT2D eigenvalue weighted by molar-refractivity contribution is 5.78. The molecule has 6 heteroatoms. The second-order valence-corrected chi connectivity index (χ2v) is 5.85. The number of carbonyl (C=O) groups excluding carboxylic acids is 1. The first kappa shape index (κ1) is 14.6. The molecule has 0 atom stereocenters. The fourth-order valence-electron chi connectivity index (χ4n) is 2.42. The number of nitrogens with zero attached hydrogens (tertiary/aromatic N) is 4. The molecule has 0 spiro atoms. The Labute approximate surface area is 129 Å². The lowest BCUT2D eigenvalue weighted by molar-refractivity contribution is -0.139. The van der Waals surface area contributed by atoms with Crippen LogP contribution in [0.5, 0.6) is 5.75 Å². The Balaban J connectivity index is 1.45. The molecule has 2 aromatic rings. The van der Waals surface area contributed by atoms with Gasteiger partial charge in [-0.3, -0.25) is 4.79 Å². The highest BCUT2D eigenvalue weighted by atomic mass is 16.5. The van der Waals surface area contributed by atoms with Crippen LogP contribution in [0.3, 0.4) is 0 Å². The summed E-state index contributed by atoms with van der Waals surface area (Å²) in [7, 11) is 0. The lowest BCUT2D eigenvalue weighted by Gasteiger charge is -2.38. The third kappa shape index (κ3) is 3.10. The minimum absolute atomic E-state index is 0.00398. The first-order chi connectivity index (χ1) is 10.6. The molecule has 0 bridgehead atoms. The van der Waals surface area contributed by atoms with Crippen LogP contribution in [-0.4, -0.2) is 45.5 Å². The van der Waals surface area contributed by atoms with Crippen LogP contribution in [0.15, 0.2) is 36.7 Å². The van der Waals surface area contributed by atoms with E-state index in [9.17, 15) is 4.79 Å². The van der Waals surface area contributed by atoms with E-state index in [1.54, 1.807) is 15.8 Å². The van der Waals surface area contributed by atoms with Gasteiger partial charge in [0.05, 0.1) is 12.2 Å². The third-order valence-corrected chi connectivity index (χ3v) is 3.94. The minimum Gasteiger partial charge on any atom is -0.484 e. The molecular weight excluding hydrogens is 280 g/mol. The normalized spacial score (nSPS) is 15.0. The van der Waals surface area contributed by atoms with Gasteiger partial charge in [0.15, 0.2) is 6.61 Å². The maximum atomic E-state index is 12.0. The molecule has 6 nitrogen and oxygen atoms in total. The van der Waals surface area contributed by atoms with Crippen LogP contribution in [-0.2, 0) is 4.79 Å². The Morgan fingerprint density at radius 2 is 2.05 bits per heavy atom. The van der Waals surface area contributed by atoms with Gasteiger partial charge in [0, 0.05) is 19.3 Å². The van der Waals surface area contributed by atoms with E-state index in [2.05, 4.69) is 24.2 Å². The molecule has 1 saturated heterocycles. The van der Waals surface area contributed by atoms with Gasteiger partial charge in [0.1, 0.15) is 5.75 Å². The van der Waals surface area contributed by atoms with Crippen molar-refractivity contribution in [3.05, 3.63) is 42.2 Å². The molecule has 1 aromatic carbocycles. The van der Waals surface area contributed by atoms with Crippen molar-refractivity contribution < 1.29 is 9.53 Å². The van der Waals surface area contributed by atoms with Gasteiger partial charge in [-0.05, 0) is 23.6 Å². The molecule has 0 N–H and O–H groups in total. The van der Waals surface area contributed by atoms with Crippen LogP contribution < -0.4 is 4.74 Å². The number of hydrogen-bond acceptors (Lipinski definition) is 4. The molecule has 1 fully saturated rings. The summed E-state index contributed by atoms with van der Waals surface area (Å²) in [6, 6.07) is 8.13. The van der Waals surface area contributed by atoms with Crippen molar-refractivity contribution in [2.75, 3.05) is 19.7 Å². The van der Waals surface area contributed by atoms with Crippen molar-refractivity contribution in [2.24, 2.45) is 0 Å². The van der Waals surface area contributed by atoms with E-state index in [0.717, 1.165) is 5.75 Å². The predicted molar refractivity (Wildman–Crippen MR) is 81.7 cm³/mol. The van der Waals surface area contributed by atoms with E-state index in [1.807, 2.05) is 30.5 Å². The summed E-state index contributed by atoms with van der Waals surface area (Å²) in [5.74, 6) is 1.22. The molecule has 0 aliphatic carbocycles. The van der Waals surface area contributed by atoms with Crippen molar-refractivity contribution in [3.63, 3.8) is 0 Å². The van der Waals surface area contributed by atoms with Crippen LogP contribution in [0, 0.1) is 0 Å². The Morgan fingerprint density at radius 1 is 1.32 bits per heavy atom. The van der Waals surface area contributed by atoms with Gasteiger partial charge in [-0.2, -0.15) is 0 Å². The average molecular weight is 300 g/mol. The van der Waals surface area contributed by atoms with Crippen molar-refractivity contribution in [3.8, 4) is 5.75 Å². The zero-order chi connectivity index (χ0) is 15.5. The van der Waals surface area contributed by atoms with Crippen molar-refractivity contribution in [1.82, 2.24) is 19.9 Å². The SMILES string of the molecule is CC(C)c1ccc(OCC(=O)N2CC(n3ccnn3)C2)cc1. The number of aromatic nitrogens is 3. The summed E-state index contributed by atoms with van der Waals surface area (Å²) in [4.78, 5) is 13.8. The fourth-order valence-corrected chi connectivity index (χ4v) is 2.42. The monoisotopic (exact) mass is 300 g/mol. The number of amides is 1. The molecule has 116 valence electrons. The van der Waals surface area contributed by atoms with Crippen LogP contribution in [0.4, 0.5) is 0 Å². The zero-order valence-electron chi connectivity index (χ0n) is 12.8. The van der Waals surface area contributed by atoms with Gasteiger partial charge in [-0.1, -0.05) is 31.2 Å². The Morgan fingerprint density at radius 3 is 2.64 bits per heavy atom. The summed E-state index contributed by atoms with van der Waals surface area (Å²) in [6.07, 6.45) is 3.47. The van der Waals surface area contributed by atoms with Gasteiger partial charge in [-0.25, -0.2) is 4.68 Å². The molecule has 2 heterocycles. The largest absolute Gasteiger partial charge is 0.484 e. The maximum absolute atomic E-state index is 12.0. The smallest absolute Gasteiger partial charge is 0.260 e. The van der Waals surface area contributed by atoms with Crippen molar-refractivity contribution >= 4 is 5.91 Å². The molecular formula is C16H20N4O2. The molecule has 1 amide bonds. The van der Waals surface area contributed by atoms with Gasteiger partial charge in [0.25, 0.3) is 5.91 Å². The molecule has 0 unspecified atom stereocenters. The first-order valence-electron chi connectivity index (χ1n) is 7.50. The van der Waals surface area contributed by atoms with Gasteiger partial charge in [0.2, 0.25) is 0 Å². The summed E-state index contributed by atoms with van der Waals surface area (Å²) >= 11 is 0. The van der Waals surface area contributed by atoms with E-state index in [-0.39, 0.29) is 18.6 Å². The van der Waals surface area contributed by atoms with Gasteiger partial charge < -0.3 is 9.64 Å². The van der Waals surface area contributed by atoms with E-state index < -0.39 is 0 Å². The number of carbonyl (C=O) groups is 1. The lowest BCUT2D eigenvalue weighted by Crippen LogP contribution is -2.52. The summed E-state index contributed by atoms with van der Waals surface area (Å²) in [5, 5.41) is 7.72. The number of ether oxygens (including phenoxy) is 1. The van der Waals surface area contributed by atoms with E-state index in [4.69, 9.17) is 4.74 Å². The summed E-state index contributed by atoms with van der Waals surface area (Å²) < 4.78 is 7.35. The highest BCUT2D eigenvalue weighted by Gasteiger charge is 2.32. The molecule has 1 aliphatic heterocycles. The number of rotatable bonds is 5. The summed E-state index contributed by atoms with van der Waals surface area (Å²) in [5.41, 5.74) is 1.26. The van der Waals surface area contributed by atoms with E-state index in [0.29, 0.717) is 19.0 Å². The lowest BCUT2D eigenvalue weighted by atomic mass is 10.0. The van der Waals surface area contributed by atoms with Gasteiger partial charge >= 0.3 is 0 Å². The predicted octanol–water partition coefficient (Wildman–Crippen LogP) is 1.86. The topological polar surface area (TPSA) is 60.2 Å². The second-order valence-electron chi connectivity index (χ2n) is 5.85. The minimum atomic E-state index is 0.00398. The van der Waals surface area contributed by atoms with E-state index >= 15 is 0 Å². The maximum Gasteiger partial charge on any atom is 0.260 e. The molecule has 0 saturated carbocycles. The molecule has 1 aliphatic rings. The number of benzene rings is 1. The Hall–Kier alpha value is -2.37. The number of hydrogen-bond donors (Lipinski definition) is 0. The van der Waals surface area contributed by atoms with E-state index in [1.165, 1.54) is 5.56 Å². The first-order valence-corrected chi connectivity index (χ1v) is 7.50. The quantitative estimate of drug-likeness (QED) is 0.845. The standard InChI is InChI=1S/C16H20N4O2/c1-12(2)13-3-5-15(6-4-13)22-11-16(21)19-9-14(10-19)20-8-7-17-18-20/h3-8,12,14H,9-11H2,1-2H3. The Bertz CT molecular complexity index is 616. The number of likely N-dealkylation sites (tertiary alicyclic amines) is 1. The van der Waals surface area contributed by atoms with Crippen LogP contribution in [0.1, 0.15) is 31.4 Å². The van der Waals surface area contributed by atoms with Crippen LogP contribution >= 0.6 is 0 Å². The zero-order valence-corrected chi connectivity index (χ0v) is 12.8. The fraction of sp³-hybridized carbons (Fsp3) is 0.438. The third-order valence-electron chi connectivity index (χ3n) is 3.94. The van der Waals surface area contributed by atoms with Crippen molar-refractivity contribution in [2.45, 2.75) is 25.8 Å². The molecule has 0 radical (unpaired) electrons. The van der Waals surface area contributed by atoms with Crippen LogP contribution in [0.2, 0.25) is 0 Å². The second kappa shape index (κ2) is 6.17. The highest BCUT2D eigenvalue weighted by Crippen LogP contribution is 2.21. The average Bonchev–Trinajstić information content (AvgIpc) is 2.98. The Kier molecular flexibility index (Phi) is 4.09. The summed E-state index contributed by atoms with van der Waals surface area (Å²) in [6.45, 7) is 5.70. The van der Waals surface area contributed by atoms with Crippen molar-refractivity contribution in [1.29, 1.82) is 0 Å². The van der Waals surface area contributed by atoms with Gasteiger partial charge in [-0.15, -0.1) is 5.10 Å². The molecule has 1 aromatic heterocycles.